The van der Waals surface area contributed by atoms with Crippen molar-refractivity contribution in [2.45, 2.75) is 38.1 Å². The van der Waals surface area contributed by atoms with Crippen LogP contribution in [0.2, 0.25) is 0 Å². The Morgan fingerprint density at radius 2 is 1.94 bits per heavy atom. The smallest absolute Gasteiger partial charge is 0.357 e. The fourth-order valence-electron chi connectivity index (χ4n) is 5.40. The average molecular weight is 452 g/mol. The monoisotopic (exact) mass is 451 g/mol. The van der Waals surface area contributed by atoms with Crippen molar-refractivity contribution in [3.8, 4) is 0 Å². The van der Waals surface area contributed by atoms with Crippen molar-refractivity contribution in [2.24, 2.45) is 10.9 Å². The molecule has 0 unspecified atom stereocenters. The second-order valence-corrected chi connectivity index (χ2v) is 8.91. The summed E-state index contributed by atoms with van der Waals surface area (Å²) in [4.78, 5) is 47.6. The minimum absolute atomic E-state index is 0.0442. The Labute approximate surface area is 193 Å². The van der Waals surface area contributed by atoms with E-state index >= 15 is 0 Å². The molecule has 174 valence electrons. The lowest BCUT2D eigenvalue weighted by Gasteiger charge is -2.49. The van der Waals surface area contributed by atoms with Gasteiger partial charge in [0.2, 0.25) is 5.91 Å². The molecule has 2 atom stereocenters. The van der Waals surface area contributed by atoms with Crippen LogP contribution in [0.25, 0.3) is 0 Å². The highest BCUT2D eigenvalue weighted by atomic mass is 16.5. The third-order valence-corrected chi connectivity index (χ3v) is 6.57. The number of fused-ring (bicyclic) bond motifs is 1. The molecule has 3 aliphatic rings. The number of para-hydroxylation sites is 1. The van der Waals surface area contributed by atoms with Crippen molar-refractivity contribution in [3.63, 3.8) is 0 Å². The van der Waals surface area contributed by atoms with Gasteiger partial charge in [-0.1, -0.05) is 38.1 Å². The number of aliphatic imine (C=N–C) groups is 1. The predicted octanol–water partition coefficient (Wildman–Crippen LogP) is 2.59. The molecule has 4 rings (SSSR count). The van der Waals surface area contributed by atoms with Crippen LogP contribution in [-0.4, -0.2) is 61.9 Å². The van der Waals surface area contributed by atoms with Crippen LogP contribution in [0.15, 0.2) is 53.2 Å². The fraction of sp³-hybridized carbons (Fsp3) is 0.440. The number of amidine groups is 1. The van der Waals surface area contributed by atoms with Gasteiger partial charge < -0.3 is 14.4 Å². The molecule has 1 aromatic rings. The molecule has 0 aromatic heterocycles. The standard InChI is InChI=1S/C25H29N3O5/c1-6-13-27-17-10-8-7-9-16(17)25-12-11-18(29)28(14-15(2)3)24(25)26-20(23(31)33-5)19(21(25)27)22(30)32-4/h6-10,15,21H,1,11-14H2,2-5H3/t21-,25-/m0/s1. The second kappa shape index (κ2) is 8.50. The number of nitrogens with zero attached hydrogens (tertiary/aromatic N) is 3. The van der Waals surface area contributed by atoms with Gasteiger partial charge in [-0.05, 0) is 24.0 Å². The number of hydrogen-bond acceptors (Lipinski definition) is 7. The Kier molecular flexibility index (Phi) is 5.86. The molecule has 1 amide bonds. The van der Waals surface area contributed by atoms with Crippen LogP contribution < -0.4 is 4.90 Å². The molecule has 3 heterocycles. The van der Waals surface area contributed by atoms with Crippen LogP contribution in [0, 0.1) is 5.92 Å². The van der Waals surface area contributed by atoms with Gasteiger partial charge in [-0.3, -0.25) is 9.69 Å². The molecule has 0 radical (unpaired) electrons. The zero-order valence-corrected chi connectivity index (χ0v) is 19.5. The predicted molar refractivity (Wildman–Crippen MR) is 124 cm³/mol. The topological polar surface area (TPSA) is 88.5 Å². The highest BCUT2D eigenvalue weighted by molar-refractivity contribution is 6.15. The number of benzene rings is 1. The van der Waals surface area contributed by atoms with Crippen LogP contribution in [-0.2, 0) is 29.3 Å². The lowest BCUT2D eigenvalue weighted by Crippen LogP contribution is -2.63. The molecule has 1 spiro atoms. The van der Waals surface area contributed by atoms with Crippen molar-refractivity contribution in [1.82, 2.24) is 4.90 Å². The van der Waals surface area contributed by atoms with Crippen molar-refractivity contribution in [2.75, 3.05) is 32.2 Å². The molecule has 0 bridgehead atoms. The molecule has 0 saturated carbocycles. The molecule has 0 N–H and O–H groups in total. The summed E-state index contributed by atoms with van der Waals surface area (Å²) in [6.07, 6.45) is 2.53. The molecule has 3 aliphatic heterocycles. The van der Waals surface area contributed by atoms with E-state index in [9.17, 15) is 14.4 Å². The molecular formula is C25H29N3O5. The summed E-state index contributed by atoms with van der Waals surface area (Å²) in [6.45, 7) is 8.85. The van der Waals surface area contributed by atoms with Crippen LogP contribution >= 0.6 is 0 Å². The zero-order chi connectivity index (χ0) is 23.9. The molecule has 1 fully saturated rings. The SMILES string of the molecule is C=CCN1c2ccccc2[C@]23CCC(=O)N(CC(C)C)C2=NC(C(=O)OC)=C(C(=O)OC)[C@H]13. The maximum Gasteiger partial charge on any atom is 0.357 e. The Morgan fingerprint density at radius 1 is 1.24 bits per heavy atom. The molecule has 0 aliphatic carbocycles. The van der Waals surface area contributed by atoms with Gasteiger partial charge >= 0.3 is 11.9 Å². The molecule has 1 saturated heterocycles. The first kappa shape index (κ1) is 22.8. The van der Waals surface area contributed by atoms with Gasteiger partial charge in [-0.25, -0.2) is 14.6 Å². The number of piperidine rings is 1. The highest BCUT2D eigenvalue weighted by Crippen LogP contribution is 2.55. The van der Waals surface area contributed by atoms with Crippen molar-refractivity contribution in [3.05, 3.63) is 53.8 Å². The maximum atomic E-state index is 13.1. The number of esters is 2. The lowest BCUT2D eigenvalue weighted by molar-refractivity contribution is -0.140. The van der Waals surface area contributed by atoms with Crippen molar-refractivity contribution >= 4 is 29.4 Å². The van der Waals surface area contributed by atoms with Gasteiger partial charge in [0.25, 0.3) is 0 Å². The molecular weight excluding hydrogens is 422 g/mol. The minimum Gasteiger partial charge on any atom is -0.466 e. The quantitative estimate of drug-likeness (QED) is 0.488. The number of ether oxygens (including phenoxy) is 2. The highest BCUT2D eigenvalue weighted by Gasteiger charge is 2.63. The van der Waals surface area contributed by atoms with E-state index in [0.29, 0.717) is 31.8 Å². The van der Waals surface area contributed by atoms with Crippen LogP contribution in [0.4, 0.5) is 5.69 Å². The zero-order valence-electron chi connectivity index (χ0n) is 19.5. The minimum atomic E-state index is -0.788. The number of carbonyl (C=O) groups is 3. The van der Waals surface area contributed by atoms with Gasteiger partial charge in [0.15, 0.2) is 5.70 Å². The van der Waals surface area contributed by atoms with E-state index in [1.807, 2.05) is 38.1 Å². The Balaban J connectivity index is 2.09. The first-order chi connectivity index (χ1) is 15.8. The van der Waals surface area contributed by atoms with E-state index < -0.39 is 23.4 Å². The van der Waals surface area contributed by atoms with E-state index in [-0.39, 0.29) is 23.1 Å². The van der Waals surface area contributed by atoms with E-state index in [1.54, 1.807) is 11.0 Å². The molecule has 1 aromatic carbocycles. The number of hydrogen-bond donors (Lipinski definition) is 0. The summed E-state index contributed by atoms with van der Waals surface area (Å²) in [5.74, 6) is -0.759. The van der Waals surface area contributed by atoms with Crippen molar-refractivity contribution < 1.29 is 23.9 Å². The summed E-state index contributed by atoms with van der Waals surface area (Å²) in [7, 11) is 2.53. The largest absolute Gasteiger partial charge is 0.466 e. The van der Waals surface area contributed by atoms with Crippen molar-refractivity contribution in [1.29, 1.82) is 0 Å². The number of anilines is 1. The summed E-state index contributed by atoms with van der Waals surface area (Å²) < 4.78 is 10.1. The Morgan fingerprint density at radius 3 is 2.58 bits per heavy atom. The normalized spacial score (nSPS) is 23.6. The van der Waals surface area contributed by atoms with E-state index in [1.165, 1.54) is 14.2 Å². The maximum absolute atomic E-state index is 13.1. The first-order valence-corrected chi connectivity index (χ1v) is 11.1. The number of amides is 1. The Hall–Kier alpha value is -3.42. The summed E-state index contributed by atoms with van der Waals surface area (Å²) in [5.41, 5.74) is 1.13. The summed E-state index contributed by atoms with van der Waals surface area (Å²) >= 11 is 0. The van der Waals surface area contributed by atoms with E-state index in [4.69, 9.17) is 14.5 Å². The average Bonchev–Trinajstić information content (AvgIpc) is 3.09. The van der Waals surface area contributed by atoms with Crippen LogP contribution in [0.5, 0.6) is 0 Å². The molecule has 33 heavy (non-hydrogen) atoms. The van der Waals surface area contributed by atoms with E-state index in [0.717, 1.165) is 11.3 Å². The molecule has 8 heteroatoms. The first-order valence-electron chi connectivity index (χ1n) is 11.1. The number of likely N-dealkylation sites (tertiary alicyclic amines) is 1. The fourth-order valence-corrected chi connectivity index (χ4v) is 5.40. The number of rotatable bonds is 6. The number of carbonyl (C=O) groups excluding carboxylic acids is 3. The third-order valence-electron chi connectivity index (χ3n) is 6.57. The lowest BCUT2D eigenvalue weighted by atomic mass is 9.65. The molecule has 8 nitrogen and oxygen atoms in total. The van der Waals surface area contributed by atoms with E-state index in [2.05, 4.69) is 11.5 Å². The third kappa shape index (κ3) is 3.27. The Bertz CT molecular complexity index is 1090. The van der Waals surface area contributed by atoms with Gasteiger partial charge in [0, 0.05) is 25.2 Å². The summed E-state index contributed by atoms with van der Waals surface area (Å²) in [5, 5.41) is 0. The van der Waals surface area contributed by atoms with Gasteiger partial charge in [0.1, 0.15) is 5.84 Å². The van der Waals surface area contributed by atoms with Gasteiger partial charge in [0.05, 0.1) is 31.2 Å². The van der Waals surface area contributed by atoms with Gasteiger partial charge in [-0.2, -0.15) is 0 Å². The van der Waals surface area contributed by atoms with Crippen LogP contribution in [0.1, 0.15) is 32.3 Å². The van der Waals surface area contributed by atoms with Crippen LogP contribution in [0.3, 0.4) is 0 Å². The summed E-state index contributed by atoms with van der Waals surface area (Å²) in [6, 6.07) is 7.29. The number of methoxy groups -OCH3 is 2. The second-order valence-electron chi connectivity index (χ2n) is 8.91. The van der Waals surface area contributed by atoms with Gasteiger partial charge in [-0.15, -0.1) is 6.58 Å².